The summed E-state index contributed by atoms with van der Waals surface area (Å²) >= 11 is 0. The van der Waals surface area contributed by atoms with Crippen molar-refractivity contribution in [3.8, 4) is 11.5 Å². The molecule has 2 aromatic carbocycles. The quantitative estimate of drug-likeness (QED) is 0.515. The van der Waals surface area contributed by atoms with E-state index in [1.165, 1.54) is 6.07 Å². The Morgan fingerprint density at radius 3 is 2.52 bits per heavy atom. The van der Waals surface area contributed by atoms with Crippen LogP contribution in [0.5, 0.6) is 11.5 Å². The van der Waals surface area contributed by atoms with Gasteiger partial charge in [0.2, 0.25) is 5.91 Å². The van der Waals surface area contributed by atoms with Gasteiger partial charge in [-0.25, -0.2) is 5.43 Å². The van der Waals surface area contributed by atoms with E-state index >= 15 is 0 Å². The van der Waals surface area contributed by atoms with Crippen LogP contribution in [0.3, 0.4) is 0 Å². The number of hydrogen-bond acceptors (Lipinski definition) is 5. The van der Waals surface area contributed by atoms with E-state index in [2.05, 4.69) is 15.8 Å². The summed E-state index contributed by atoms with van der Waals surface area (Å²) in [6.07, 6.45) is 0.0211. The third kappa shape index (κ3) is 5.85. The predicted octanol–water partition coefficient (Wildman–Crippen LogP) is 3.23. The minimum absolute atomic E-state index is 0.0211. The average molecular weight is 369 g/mol. The highest BCUT2D eigenvalue weighted by Gasteiger charge is 2.12. The number of phenols is 1. The SMILES string of the molecule is CCOc1ccc(NC(=O)C/C(C)=N/NC(=O)c2cccc(C)c2O)cc1. The molecule has 0 aliphatic carbocycles. The van der Waals surface area contributed by atoms with Crippen LogP contribution in [0.4, 0.5) is 5.69 Å². The van der Waals surface area contributed by atoms with Crippen molar-refractivity contribution in [3.63, 3.8) is 0 Å². The number of anilines is 1. The lowest BCUT2D eigenvalue weighted by Crippen LogP contribution is -2.21. The number of amides is 2. The number of rotatable bonds is 7. The Hall–Kier alpha value is -3.35. The van der Waals surface area contributed by atoms with E-state index in [9.17, 15) is 14.7 Å². The number of phenolic OH excluding ortho intramolecular Hbond substituents is 1. The van der Waals surface area contributed by atoms with Gasteiger partial charge in [0.1, 0.15) is 11.5 Å². The Kier molecular flexibility index (Phi) is 6.93. The minimum atomic E-state index is -0.539. The van der Waals surface area contributed by atoms with Gasteiger partial charge < -0.3 is 15.2 Å². The number of ether oxygens (including phenoxy) is 1. The number of aryl methyl sites for hydroxylation is 1. The molecule has 0 heterocycles. The molecule has 7 heteroatoms. The maximum atomic E-state index is 12.1. The molecule has 0 aliphatic rings. The lowest BCUT2D eigenvalue weighted by Gasteiger charge is -2.08. The van der Waals surface area contributed by atoms with E-state index in [1.807, 2.05) is 6.92 Å². The van der Waals surface area contributed by atoms with Crippen molar-refractivity contribution >= 4 is 23.2 Å². The molecule has 0 fully saturated rings. The molecular formula is C20H23N3O4. The second-order valence-corrected chi connectivity index (χ2v) is 5.94. The Bertz CT molecular complexity index is 845. The zero-order valence-corrected chi connectivity index (χ0v) is 15.6. The van der Waals surface area contributed by atoms with Gasteiger partial charge in [0.15, 0.2) is 0 Å². The van der Waals surface area contributed by atoms with Crippen LogP contribution in [0.1, 0.15) is 36.2 Å². The van der Waals surface area contributed by atoms with Gasteiger partial charge in [-0.3, -0.25) is 9.59 Å². The van der Waals surface area contributed by atoms with Crippen LogP contribution >= 0.6 is 0 Å². The first-order valence-corrected chi connectivity index (χ1v) is 8.55. The largest absolute Gasteiger partial charge is 0.507 e. The van der Waals surface area contributed by atoms with E-state index < -0.39 is 5.91 Å². The molecule has 0 bridgehead atoms. The molecule has 0 atom stereocenters. The highest BCUT2D eigenvalue weighted by molar-refractivity contribution is 6.06. The van der Waals surface area contributed by atoms with Crippen LogP contribution in [0.2, 0.25) is 0 Å². The van der Waals surface area contributed by atoms with Crippen molar-refractivity contribution in [3.05, 3.63) is 53.6 Å². The first-order valence-electron chi connectivity index (χ1n) is 8.55. The van der Waals surface area contributed by atoms with E-state index in [0.717, 1.165) is 5.75 Å². The van der Waals surface area contributed by atoms with Gasteiger partial charge >= 0.3 is 0 Å². The van der Waals surface area contributed by atoms with Crippen LogP contribution in [-0.4, -0.2) is 29.2 Å². The molecule has 0 saturated carbocycles. The fraction of sp³-hybridized carbons (Fsp3) is 0.250. The average Bonchev–Trinajstić information content (AvgIpc) is 2.64. The zero-order valence-electron chi connectivity index (χ0n) is 15.6. The molecule has 0 unspecified atom stereocenters. The van der Waals surface area contributed by atoms with Crippen LogP contribution in [0.25, 0.3) is 0 Å². The van der Waals surface area contributed by atoms with Gasteiger partial charge in [-0.15, -0.1) is 0 Å². The summed E-state index contributed by atoms with van der Waals surface area (Å²) in [5.41, 5.74) is 4.15. The third-order valence-electron chi connectivity index (χ3n) is 3.70. The Morgan fingerprint density at radius 1 is 1.15 bits per heavy atom. The van der Waals surface area contributed by atoms with Gasteiger partial charge in [-0.2, -0.15) is 5.10 Å². The second-order valence-electron chi connectivity index (χ2n) is 5.94. The first-order chi connectivity index (χ1) is 12.9. The van der Waals surface area contributed by atoms with Crippen molar-refractivity contribution < 1.29 is 19.4 Å². The monoisotopic (exact) mass is 369 g/mol. The van der Waals surface area contributed by atoms with Crippen LogP contribution < -0.4 is 15.5 Å². The predicted molar refractivity (Wildman–Crippen MR) is 104 cm³/mol. The van der Waals surface area contributed by atoms with Crippen LogP contribution in [0, 0.1) is 6.92 Å². The third-order valence-corrected chi connectivity index (χ3v) is 3.70. The van der Waals surface area contributed by atoms with Crippen molar-refractivity contribution in [1.29, 1.82) is 0 Å². The van der Waals surface area contributed by atoms with Crippen LogP contribution in [-0.2, 0) is 4.79 Å². The molecule has 2 rings (SSSR count). The van der Waals surface area contributed by atoms with Crippen molar-refractivity contribution in [2.75, 3.05) is 11.9 Å². The zero-order chi connectivity index (χ0) is 19.8. The first kappa shape index (κ1) is 20.0. The highest BCUT2D eigenvalue weighted by Crippen LogP contribution is 2.21. The number of nitrogens with one attached hydrogen (secondary N) is 2. The van der Waals surface area contributed by atoms with Crippen LogP contribution in [0.15, 0.2) is 47.6 Å². The number of nitrogens with zero attached hydrogens (tertiary/aromatic N) is 1. The van der Waals surface area contributed by atoms with E-state index in [4.69, 9.17) is 4.74 Å². The Balaban J connectivity index is 1.89. The summed E-state index contributed by atoms with van der Waals surface area (Å²) in [6, 6.07) is 11.9. The van der Waals surface area contributed by atoms with Crippen molar-refractivity contribution in [1.82, 2.24) is 5.43 Å². The fourth-order valence-corrected chi connectivity index (χ4v) is 2.33. The number of para-hydroxylation sites is 1. The van der Waals surface area contributed by atoms with Gasteiger partial charge in [0.25, 0.3) is 5.91 Å². The molecular weight excluding hydrogens is 346 g/mol. The Morgan fingerprint density at radius 2 is 1.85 bits per heavy atom. The van der Waals surface area contributed by atoms with Gasteiger partial charge in [-0.1, -0.05) is 12.1 Å². The lowest BCUT2D eigenvalue weighted by atomic mass is 10.1. The summed E-state index contributed by atoms with van der Waals surface area (Å²) in [5.74, 6) is -0.151. The normalized spacial score (nSPS) is 11.0. The number of aromatic hydroxyl groups is 1. The maximum Gasteiger partial charge on any atom is 0.275 e. The fourth-order valence-electron chi connectivity index (χ4n) is 2.33. The topological polar surface area (TPSA) is 100 Å². The molecule has 142 valence electrons. The number of benzene rings is 2. The number of carbonyl (C=O) groups is 2. The molecule has 0 aliphatic heterocycles. The molecule has 2 amide bonds. The highest BCUT2D eigenvalue weighted by atomic mass is 16.5. The molecule has 27 heavy (non-hydrogen) atoms. The Labute approximate surface area is 158 Å². The van der Waals surface area contributed by atoms with E-state index in [1.54, 1.807) is 50.2 Å². The standard InChI is InChI=1S/C20H23N3O4/c1-4-27-16-10-8-15(9-11-16)21-18(24)12-14(3)22-23-20(26)17-7-5-6-13(2)19(17)25/h5-11,25H,4,12H2,1-3H3,(H,21,24)(H,23,26)/b22-14+. The van der Waals surface area contributed by atoms with Gasteiger partial charge in [0.05, 0.1) is 18.6 Å². The molecule has 3 N–H and O–H groups in total. The molecule has 0 radical (unpaired) electrons. The molecule has 0 aromatic heterocycles. The second kappa shape index (κ2) is 9.38. The number of hydrazone groups is 1. The van der Waals surface area contributed by atoms with Crippen molar-refractivity contribution in [2.24, 2.45) is 5.10 Å². The summed E-state index contributed by atoms with van der Waals surface area (Å²) in [4.78, 5) is 24.2. The minimum Gasteiger partial charge on any atom is -0.507 e. The molecule has 0 saturated heterocycles. The maximum absolute atomic E-state index is 12.1. The van der Waals surface area contributed by atoms with Gasteiger partial charge in [-0.05, 0) is 56.7 Å². The number of hydrogen-bond donors (Lipinski definition) is 3. The van der Waals surface area contributed by atoms with Crippen molar-refractivity contribution in [2.45, 2.75) is 27.2 Å². The smallest absolute Gasteiger partial charge is 0.275 e. The van der Waals surface area contributed by atoms with E-state index in [0.29, 0.717) is 23.6 Å². The van der Waals surface area contributed by atoms with Gasteiger partial charge in [0, 0.05) is 11.4 Å². The number of carbonyl (C=O) groups excluding carboxylic acids is 2. The molecule has 2 aromatic rings. The molecule has 7 nitrogen and oxygen atoms in total. The molecule has 0 spiro atoms. The summed E-state index contributed by atoms with van der Waals surface area (Å²) in [5, 5.41) is 16.6. The lowest BCUT2D eigenvalue weighted by molar-refractivity contribution is -0.115. The summed E-state index contributed by atoms with van der Waals surface area (Å²) < 4.78 is 5.35. The van der Waals surface area contributed by atoms with E-state index in [-0.39, 0.29) is 23.6 Å². The summed E-state index contributed by atoms with van der Waals surface area (Å²) in [6.45, 7) is 5.81. The summed E-state index contributed by atoms with van der Waals surface area (Å²) in [7, 11) is 0.